The van der Waals surface area contributed by atoms with Gasteiger partial charge in [-0.15, -0.1) is 11.8 Å². The number of carbonyl (C=O) groups excluding carboxylic acids is 1. The topological polar surface area (TPSA) is 107 Å². The first-order valence-electron chi connectivity index (χ1n) is 10.6. The van der Waals surface area contributed by atoms with Crippen LogP contribution in [0.2, 0.25) is 0 Å². The molecule has 5 heterocycles. The Morgan fingerprint density at radius 2 is 1.93 bits per heavy atom. The van der Waals surface area contributed by atoms with Crippen molar-refractivity contribution < 1.29 is 18.8 Å². The molecule has 6 rings (SSSR count). The van der Waals surface area contributed by atoms with Gasteiger partial charge < -0.3 is 19.0 Å². The van der Waals surface area contributed by atoms with Crippen molar-refractivity contribution in [3.63, 3.8) is 0 Å². The minimum Gasteiger partial charge on any atom is -0.380 e. The zero-order chi connectivity index (χ0) is 20.3. The van der Waals surface area contributed by atoms with Crippen LogP contribution in [-0.4, -0.2) is 46.5 Å². The lowest BCUT2D eigenvalue weighted by Gasteiger charge is -2.36. The molecule has 4 aliphatic rings. The molecule has 0 radical (unpaired) electrons. The third-order valence-electron chi connectivity index (χ3n) is 6.93. The molecule has 1 aliphatic carbocycles. The molecule has 0 saturated carbocycles. The van der Waals surface area contributed by atoms with Crippen molar-refractivity contribution in [1.29, 1.82) is 0 Å². The molecule has 0 unspecified atom stereocenters. The number of hydrogen-bond acceptors (Lipinski definition) is 8. The van der Waals surface area contributed by atoms with Crippen LogP contribution in [0.3, 0.4) is 0 Å². The smallest absolute Gasteiger partial charge is 0.257 e. The number of thioether (sulfide) groups is 1. The van der Waals surface area contributed by atoms with Crippen LogP contribution in [0.25, 0.3) is 11.5 Å². The molecule has 158 valence electrons. The number of carbonyl (C=O) groups is 1. The Morgan fingerprint density at radius 3 is 2.77 bits per heavy atom. The molecule has 1 N–H and O–H groups in total. The maximum absolute atomic E-state index is 12.9. The van der Waals surface area contributed by atoms with Crippen molar-refractivity contribution in [2.75, 3.05) is 25.6 Å². The standard InChI is InChI=1S/C21H23N3O5S/c25-14-4-2-8-30-21(14)5-1-3-12-15(24-29-17(12)21)18-22-16-13(19(26)23-18)9-28-11-20(16)6-7-27-10-20/h1-11H2,(H,22,23,26)/t20-,21-/m0/s1. The lowest BCUT2D eigenvalue weighted by atomic mass is 9.80. The Labute approximate surface area is 177 Å². The van der Waals surface area contributed by atoms with E-state index in [4.69, 9.17) is 19.0 Å². The van der Waals surface area contributed by atoms with Crippen LogP contribution < -0.4 is 5.56 Å². The largest absolute Gasteiger partial charge is 0.380 e. The highest BCUT2D eigenvalue weighted by Gasteiger charge is 2.50. The molecule has 2 saturated heterocycles. The molecule has 2 aromatic rings. The van der Waals surface area contributed by atoms with E-state index in [1.807, 2.05) is 0 Å². The summed E-state index contributed by atoms with van der Waals surface area (Å²) in [6, 6.07) is 0. The molecule has 3 aliphatic heterocycles. The lowest BCUT2D eigenvalue weighted by molar-refractivity contribution is -0.122. The quantitative estimate of drug-likeness (QED) is 0.735. The van der Waals surface area contributed by atoms with E-state index >= 15 is 0 Å². The van der Waals surface area contributed by atoms with Crippen molar-refractivity contribution in [2.45, 2.75) is 55.3 Å². The van der Waals surface area contributed by atoms with Crippen LogP contribution in [0.5, 0.6) is 0 Å². The van der Waals surface area contributed by atoms with Crippen LogP contribution in [0.4, 0.5) is 0 Å². The number of aromatic amines is 1. The highest BCUT2D eigenvalue weighted by molar-refractivity contribution is 8.01. The van der Waals surface area contributed by atoms with Gasteiger partial charge in [-0.3, -0.25) is 9.59 Å². The summed E-state index contributed by atoms with van der Waals surface area (Å²) in [5, 5.41) is 4.32. The van der Waals surface area contributed by atoms with Gasteiger partial charge in [0.05, 0.1) is 36.5 Å². The molecule has 0 aromatic carbocycles. The maximum atomic E-state index is 12.9. The molecule has 0 bridgehead atoms. The second-order valence-corrected chi connectivity index (χ2v) is 10.1. The average molecular weight is 429 g/mol. The third kappa shape index (κ3) is 2.55. The summed E-state index contributed by atoms with van der Waals surface area (Å²) in [5.41, 5.74) is 2.22. The number of fused-ring (bicyclic) bond motifs is 4. The summed E-state index contributed by atoms with van der Waals surface area (Å²) in [4.78, 5) is 33.6. The van der Waals surface area contributed by atoms with Crippen molar-refractivity contribution in [2.24, 2.45) is 0 Å². The fourth-order valence-corrected chi connectivity index (χ4v) is 6.83. The summed E-state index contributed by atoms with van der Waals surface area (Å²) in [7, 11) is 0. The number of Topliss-reactive ketones (excluding diaryl/α,β-unsaturated/α-hetero) is 1. The molecule has 30 heavy (non-hydrogen) atoms. The Morgan fingerprint density at radius 1 is 1.03 bits per heavy atom. The van der Waals surface area contributed by atoms with E-state index in [1.54, 1.807) is 11.8 Å². The molecular weight excluding hydrogens is 406 g/mol. The minimum atomic E-state index is -0.625. The van der Waals surface area contributed by atoms with Gasteiger partial charge in [0.15, 0.2) is 23.1 Å². The van der Waals surface area contributed by atoms with Gasteiger partial charge in [-0.05, 0) is 37.9 Å². The van der Waals surface area contributed by atoms with Gasteiger partial charge in [0.1, 0.15) is 4.75 Å². The van der Waals surface area contributed by atoms with Crippen molar-refractivity contribution in [3.8, 4) is 11.5 Å². The Balaban J connectivity index is 1.49. The van der Waals surface area contributed by atoms with E-state index in [2.05, 4.69) is 10.1 Å². The predicted octanol–water partition coefficient (Wildman–Crippen LogP) is 2.24. The lowest BCUT2D eigenvalue weighted by Crippen LogP contribution is -2.41. The number of ether oxygens (including phenoxy) is 2. The van der Waals surface area contributed by atoms with E-state index in [1.165, 1.54) is 0 Å². The first kappa shape index (κ1) is 18.8. The van der Waals surface area contributed by atoms with E-state index in [9.17, 15) is 9.59 Å². The molecular formula is C21H23N3O5S. The molecule has 9 heteroatoms. The van der Waals surface area contributed by atoms with E-state index in [0.29, 0.717) is 49.1 Å². The fraction of sp³-hybridized carbons (Fsp3) is 0.619. The third-order valence-corrected chi connectivity index (χ3v) is 8.53. The first-order valence-corrected chi connectivity index (χ1v) is 11.6. The zero-order valence-corrected chi connectivity index (χ0v) is 17.4. The van der Waals surface area contributed by atoms with E-state index in [0.717, 1.165) is 49.1 Å². The second kappa shape index (κ2) is 6.77. The van der Waals surface area contributed by atoms with Gasteiger partial charge in [0, 0.05) is 18.6 Å². The van der Waals surface area contributed by atoms with Crippen LogP contribution in [0, 0.1) is 0 Å². The summed E-state index contributed by atoms with van der Waals surface area (Å²) >= 11 is 1.68. The van der Waals surface area contributed by atoms with Gasteiger partial charge in [0.25, 0.3) is 5.56 Å². The Hall–Kier alpha value is -1.97. The van der Waals surface area contributed by atoms with Crippen LogP contribution in [0.15, 0.2) is 9.32 Å². The monoisotopic (exact) mass is 429 g/mol. The van der Waals surface area contributed by atoms with Crippen LogP contribution >= 0.6 is 11.8 Å². The molecule has 2 atom stereocenters. The number of hydrogen-bond donors (Lipinski definition) is 1. The zero-order valence-electron chi connectivity index (χ0n) is 16.6. The van der Waals surface area contributed by atoms with E-state index in [-0.39, 0.29) is 23.4 Å². The van der Waals surface area contributed by atoms with E-state index < -0.39 is 4.75 Å². The Bertz CT molecular complexity index is 1090. The number of nitrogens with one attached hydrogen (secondary N) is 1. The molecule has 2 aromatic heterocycles. The average Bonchev–Trinajstić information content (AvgIpc) is 3.40. The number of aromatic nitrogens is 3. The highest BCUT2D eigenvalue weighted by Crippen LogP contribution is 2.51. The number of H-pyrrole nitrogens is 1. The van der Waals surface area contributed by atoms with Gasteiger partial charge in [0.2, 0.25) is 0 Å². The second-order valence-electron chi connectivity index (χ2n) is 8.71. The number of rotatable bonds is 1. The van der Waals surface area contributed by atoms with Gasteiger partial charge >= 0.3 is 0 Å². The summed E-state index contributed by atoms with van der Waals surface area (Å²) in [6.45, 7) is 1.89. The normalized spacial score (nSPS) is 30.6. The Kier molecular flexibility index (Phi) is 4.23. The summed E-state index contributed by atoms with van der Waals surface area (Å²) in [5.74, 6) is 2.26. The SMILES string of the molecule is O=C1CCCS[C@@]12CCCc1c(-c3nc4c(c(=O)[nH]3)COC[C@@]43CCOC3)noc12. The molecule has 8 nitrogen and oxygen atoms in total. The van der Waals surface area contributed by atoms with Gasteiger partial charge in [-0.1, -0.05) is 5.16 Å². The van der Waals surface area contributed by atoms with Crippen LogP contribution in [-0.2, 0) is 37.5 Å². The minimum absolute atomic E-state index is 0.202. The van der Waals surface area contributed by atoms with Crippen molar-refractivity contribution in [1.82, 2.24) is 15.1 Å². The maximum Gasteiger partial charge on any atom is 0.257 e. The molecule has 2 fully saturated rings. The van der Waals surface area contributed by atoms with Crippen molar-refractivity contribution >= 4 is 17.5 Å². The summed E-state index contributed by atoms with van der Waals surface area (Å²) in [6.07, 6.45) is 4.71. The molecule has 2 spiro atoms. The van der Waals surface area contributed by atoms with Gasteiger partial charge in [-0.2, -0.15) is 0 Å². The van der Waals surface area contributed by atoms with Gasteiger partial charge in [-0.25, -0.2) is 4.98 Å². The number of ketones is 1. The fourth-order valence-electron chi connectivity index (χ4n) is 5.34. The molecule has 0 amide bonds. The number of nitrogens with zero attached hydrogens (tertiary/aromatic N) is 2. The summed E-state index contributed by atoms with van der Waals surface area (Å²) < 4.78 is 16.5. The highest BCUT2D eigenvalue weighted by atomic mass is 32.2. The predicted molar refractivity (Wildman–Crippen MR) is 108 cm³/mol. The van der Waals surface area contributed by atoms with Crippen LogP contribution in [0.1, 0.15) is 54.7 Å². The first-order chi connectivity index (χ1) is 14.6. The van der Waals surface area contributed by atoms with Crippen molar-refractivity contribution in [3.05, 3.63) is 32.9 Å².